The SMILES string of the molecule is CNc1ccc2[nH]c(-c3ccnnc3)nc2n1. The second-order valence-electron chi connectivity index (χ2n) is 3.53. The Labute approximate surface area is 97.1 Å². The van der Waals surface area contributed by atoms with Crippen molar-refractivity contribution in [2.45, 2.75) is 0 Å². The Bertz CT molecular complexity index is 645. The highest BCUT2D eigenvalue weighted by molar-refractivity contribution is 5.77. The summed E-state index contributed by atoms with van der Waals surface area (Å²) in [6.45, 7) is 0. The van der Waals surface area contributed by atoms with Crippen LogP contribution in [0.5, 0.6) is 0 Å². The first-order valence-corrected chi connectivity index (χ1v) is 5.18. The number of anilines is 1. The molecule has 3 aromatic heterocycles. The topological polar surface area (TPSA) is 79.4 Å². The molecule has 0 aliphatic heterocycles. The van der Waals surface area contributed by atoms with Crippen molar-refractivity contribution in [2.75, 3.05) is 12.4 Å². The number of nitrogens with zero attached hydrogens (tertiary/aromatic N) is 4. The van der Waals surface area contributed by atoms with E-state index in [0.29, 0.717) is 5.65 Å². The van der Waals surface area contributed by atoms with Crippen LogP contribution < -0.4 is 5.32 Å². The summed E-state index contributed by atoms with van der Waals surface area (Å²) >= 11 is 0. The Balaban J connectivity index is 2.14. The van der Waals surface area contributed by atoms with Crippen LogP contribution in [0.2, 0.25) is 0 Å². The number of fused-ring (bicyclic) bond motifs is 1. The first-order chi connectivity index (χ1) is 8.36. The van der Waals surface area contributed by atoms with E-state index in [9.17, 15) is 0 Å². The summed E-state index contributed by atoms with van der Waals surface area (Å²) in [6.07, 6.45) is 3.30. The van der Waals surface area contributed by atoms with E-state index in [1.165, 1.54) is 0 Å². The van der Waals surface area contributed by atoms with Crippen LogP contribution in [0.15, 0.2) is 30.6 Å². The fraction of sp³-hybridized carbons (Fsp3) is 0.0909. The Kier molecular flexibility index (Phi) is 2.18. The molecule has 0 spiro atoms. The van der Waals surface area contributed by atoms with Gasteiger partial charge >= 0.3 is 0 Å². The van der Waals surface area contributed by atoms with Gasteiger partial charge in [0.1, 0.15) is 11.6 Å². The van der Waals surface area contributed by atoms with Crippen molar-refractivity contribution in [2.24, 2.45) is 0 Å². The molecule has 0 unspecified atom stereocenters. The summed E-state index contributed by atoms with van der Waals surface area (Å²) in [6, 6.07) is 5.69. The van der Waals surface area contributed by atoms with E-state index in [-0.39, 0.29) is 0 Å². The molecule has 84 valence electrons. The third-order valence-corrected chi connectivity index (χ3v) is 2.46. The maximum absolute atomic E-state index is 4.42. The summed E-state index contributed by atoms with van der Waals surface area (Å²) in [5, 5.41) is 10.5. The lowest BCUT2D eigenvalue weighted by atomic mass is 10.3. The molecule has 0 bridgehead atoms. The van der Waals surface area contributed by atoms with Crippen molar-refractivity contribution in [1.82, 2.24) is 25.1 Å². The Hall–Kier alpha value is -2.50. The first kappa shape index (κ1) is 9.71. The van der Waals surface area contributed by atoms with Crippen LogP contribution in [0.3, 0.4) is 0 Å². The van der Waals surface area contributed by atoms with E-state index in [1.54, 1.807) is 12.4 Å². The normalized spacial score (nSPS) is 10.6. The van der Waals surface area contributed by atoms with Crippen molar-refractivity contribution in [3.8, 4) is 11.4 Å². The quantitative estimate of drug-likeness (QED) is 0.691. The van der Waals surface area contributed by atoms with E-state index < -0.39 is 0 Å². The molecule has 3 aromatic rings. The summed E-state index contributed by atoms with van der Waals surface area (Å²) < 4.78 is 0. The maximum Gasteiger partial charge on any atom is 0.180 e. The average Bonchev–Trinajstić information content (AvgIpc) is 2.82. The van der Waals surface area contributed by atoms with Gasteiger partial charge in [-0.15, -0.1) is 0 Å². The fourth-order valence-corrected chi connectivity index (χ4v) is 1.60. The lowest BCUT2D eigenvalue weighted by Gasteiger charge is -1.95. The molecule has 0 saturated heterocycles. The van der Waals surface area contributed by atoms with Gasteiger partial charge in [0.2, 0.25) is 0 Å². The number of aromatic nitrogens is 5. The maximum atomic E-state index is 4.42. The van der Waals surface area contributed by atoms with Crippen molar-refractivity contribution in [3.63, 3.8) is 0 Å². The molecule has 0 fully saturated rings. The highest BCUT2D eigenvalue weighted by Gasteiger charge is 2.06. The van der Waals surface area contributed by atoms with Gasteiger partial charge in [-0.2, -0.15) is 10.2 Å². The van der Waals surface area contributed by atoms with Gasteiger partial charge in [0.25, 0.3) is 0 Å². The summed E-state index contributed by atoms with van der Waals surface area (Å²) in [7, 11) is 1.83. The van der Waals surface area contributed by atoms with Gasteiger partial charge in [-0.3, -0.25) is 0 Å². The lowest BCUT2D eigenvalue weighted by Crippen LogP contribution is -1.91. The van der Waals surface area contributed by atoms with Crippen LogP contribution in [-0.4, -0.2) is 32.2 Å². The minimum atomic E-state index is 0.684. The van der Waals surface area contributed by atoms with Crippen LogP contribution in [0.25, 0.3) is 22.6 Å². The number of aromatic amines is 1. The molecular weight excluding hydrogens is 216 g/mol. The molecule has 3 heterocycles. The van der Waals surface area contributed by atoms with Gasteiger partial charge < -0.3 is 10.3 Å². The molecule has 0 atom stereocenters. The van der Waals surface area contributed by atoms with E-state index in [2.05, 4.69) is 30.5 Å². The Morgan fingerprint density at radius 2 is 2.06 bits per heavy atom. The van der Waals surface area contributed by atoms with Gasteiger partial charge in [0, 0.05) is 12.6 Å². The van der Waals surface area contributed by atoms with E-state index in [0.717, 1.165) is 22.7 Å². The van der Waals surface area contributed by atoms with Crippen LogP contribution in [0.1, 0.15) is 0 Å². The highest BCUT2D eigenvalue weighted by Crippen LogP contribution is 2.19. The second-order valence-corrected chi connectivity index (χ2v) is 3.53. The zero-order valence-electron chi connectivity index (χ0n) is 9.18. The number of pyridine rings is 1. The molecule has 17 heavy (non-hydrogen) atoms. The number of hydrogen-bond acceptors (Lipinski definition) is 5. The van der Waals surface area contributed by atoms with Crippen molar-refractivity contribution in [3.05, 3.63) is 30.6 Å². The molecule has 0 aromatic carbocycles. The molecule has 3 rings (SSSR count). The van der Waals surface area contributed by atoms with Gasteiger partial charge in [-0.1, -0.05) is 0 Å². The molecule has 6 heteroatoms. The van der Waals surface area contributed by atoms with Gasteiger partial charge in [-0.05, 0) is 18.2 Å². The van der Waals surface area contributed by atoms with E-state index >= 15 is 0 Å². The molecular formula is C11H10N6. The predicted octanol–water partition coefficient (Wildman–Crippen LogP) is 1.46. The van der Waals surface area contributed by atoms with Crippen molar-refractivity contribution >= 4 is 17.0 Å². The largest absolute Gasteiger partial charge is 0.373 e. The Morgan fingerprint density at radius 3 is 2.82 bits per heavy atom. The summed E-state index contributed by atoms with van der Waals surface area (Å²) in [4.78, 5) is 12.0. The van der Waals surface area contributed by atoms with E-state index in [1.807, 2.05) is 25.2 Å². The van der Waals surface area contributed by atoms with Gasteiger partial charge in [0.15, 0.2) is 5.65 Å². The molecule has 0 saturated carbocycles. The number of rotatable bonds is 2. The van der Waals surface area contributed by atoms with Crippen LogP contribution >= 0.6 is 0 Å². The number of hydrogen-bond donors (Lipinski definition) is 2. The zero-order chi connectivity index (χ0) is 11.7. The smallest absolute Gasteiger partial charge is 0.180 e. The van der Waals surface area contributed by atoms with Gasteiger partial charge in [-0.25, -0.2) is 9.97 Å². The molecule has 0 amide bonds. The van der Waals surface area contributed by atoms with Crippen LogP contribution in [0, 0.1) is 0 Å². The number of H-pyrrole nitrogens is 1. The summed E-state index contributed by atoms with van der Waals surface area (Å²) in [5.74, 6) is 1.54. The molecule has 0 aliphatic carbocycles. The monoisotopic (exact) mass is 226 g/mol. The lowest BCUT2D eigenvalue weighted by molar-refractivity contribution is 1.03. The Morgan fingerprint density at radius 1 is 1.12 bits per heavy atom. The standard InChI is InChI=1S/C11H10N6/c1-12-9-3-2-8-11(16-9)17-10(15-8)7-4-5-13-14-6-7/h2-6H,1H3,(H2,12,15,16,17). The zero-order valence-corrected chi connectivity index (χ0v) is 9.18. The van der Waals surface area contributed by atoms with Crippen LogP contribution in [0.4, 0.5) is 5.82 Å². The first-order valence-electron chi connectivity index (χ1n) is 5.18. The predicted molar refractivity (Wildman–Crippen MR) is 64.5 cm³/mol. The number of imidazole rings is 1. The van der Waals surface area contributed by atoms with Gasteiger partial charge in [0.05, 0.1) is 17.9 Å². The van der Waals surface area contributed by atoms with Crippen molar-refractivity contribution < 1.29 is 0 Å². The van der Waals surface area contributed by atoms with Crippen LogP contribution in [-0.2, 0) is 0 Å². The third-order valence-electron chi connectivity index (χ3n) is 2.46. The fourth-order valence-electron chi connectivity index (χ4n) is 1.60. The highest BCUT2D eigenvalue weighted by atomic mass is 15.1. The van der Waals surface area contributed by atoms with E-state index in [4.69, 9.17) is 0 Å². The average molecular weight is 226 g/mol. The van der Waals surface area contributed by atoms with Crippen molar-refractivity contribution in [1.29, 1.82) is 0 Å². The molecule has 6 nitrogen and oxygen atoms in total. The second kappa shape index (κ2) is 3.82. The molecule has 2 N–H and O–H groups in total. The number of nitrogens with one attached hydrogen (secondary N) is 2. The molecule has 0 aliphatic rings. The minimum Gasteiger partial charge on any atom is -0.373 e. The summed E-state index contributed by atoms with van der Waals surface area (Å²) in [5.41, 5.74) is 2.48. The minimum absolute atomic E-state index is 0.684. The molecule has 0 radical (unpaired) electrons. The third kappa shape index (κ3) is 1.69.